The van der Waals surface area contributed by atoms with Crippen LogP contribution < -0.4 is 15.9 Å². The third-order valence-electron chi connectivity index (χ3n) is 2.99. The van der Waals surface area contributed by atoms with E-state index >= 15 is 0 Å². The van der Waals surface area contributed by atoms with Crippen molar-refractivity contribution in [3.63, 3.8) is 0 Å². The van der Waals surface area contributed by atoms with Crippen molar-refractivity contribution >= 4 is 11.5 Å². The van der Waals surface area contributed by atoms with Crippen LogP contribution in [-0.2, 0) is 0 Å². The first-order valence-corrected chi connectivity index (χ1v) is 5.65. The molecule has 0 unspecified atom stereocenters. The second kappa shape index (κ2) is 3.85. The Morgan fingerprint density at radius 1 is 1.53 bits per heavy atom. The van der Waals surface area contributed by atoms with E-state index in [-0.39, 0.29) is 5.69 Å². The van der Waals surface area contributed by atoms with Gasteiger partial charge >= 0.3 is 5.69 Å². The van der Waals surface area contributed by atoms with Gasteiger partial charge in [-0.15, -0.1) is 0 Å². The Labute approximate surface area is 97.5 Å². The molecule has 0 spiro atoms. The topological polar surface area (TPSA) is 78.3 Å². The highest BCUT2D eigenvalue weighted by Crippen LogP contribution is 2.13. The molecule has 1 atom stereocenters. The van der Waals surface area contributed by atoms with E-state index in [4.69, 9.17) is 0 Å². The molecule has 0 bridgehead atoms. The molecule has 1 aliphatic heterocycles. The lowest BCUT2D eigenvalue weighted by Crippen LogP contribution is -2.49. The number of rotatable bonds is 1. The van der Waals surface area contributed by atoms with Crippen molar-refractivity contribution in [3.8, 4) is 0 Å². The number of aromatic nitrogens is 4. The number of fused-ring (bicyclic) bond motifs is 1. The third-order valence-corrected chi connectivity index (χ3v) is 2.99. The Kier molecular flexibility index (Phi) is 2.32. The lowest BCUT2D eigenvalue weighted by atomic mass is 10.2. The summed E-state index contributed by atoms with van der Waals surface area (Å²) in [6, 6.07) is 2.28. The number of aromatic amines is 1. The van der Waals surface area contributed by atoms with Crippen LogP contribution in [-0.4, -0.2) is 45.3 Å². The van der Waals surface area contributed by atoms with Gasteiger partial charge < -0.3 is 10.2 Å². The van der Waals surface area contributed by atoms with Gasteiger partial charge in [-0.1, -0.05) is 0 Å². The van der Waals surface area contributed by atoms with Gasteiger partial charge in [0.1, 0.15) is 12.1 Å². The largest absolute Gasteiger partial charge is 0.354 e. The van der Waals surface area contributed by atoms with Crippen molar-refractivity contribution in [2.75, 3.05) is 24.5 Å². The van der Waals surface area contributed by atoms with Gasteiger partial charge in [0.05, 0.1) is 0 Å². The fourth-order valence-corrected chi connectivity index (χ4v) is 2.11. The first-order chi connectivity index (χ1) is 8.24. The lowest BCUT2D eigenvalue weighted by Gasteiger charge is -2.32. The van der Waals surface area contributed by atoms with E-state index in [1.54, 1.807) is 0 Å². The molecule has 2 aromatic heterocycles. The normalized spacial score (nSPS) is 21.0. The van der Waals surface area contributed by atoms with E-state index in [1.807, 2.05) is 6.07 Å². The lowest BCUT2D eigenvalue weighted by molar-refractivity contribution is 0.482. The molecule has 2 N–H and O–H groups in total. The van der Waals surface area contributed by atoms with Gasteiger partial charge in [0.25, 0.3) is 0 Å². The average Bonchev–Trinajstić information content (AvgIpc) is 2.71. The van der Waals surface area contributed by atoms with Crippen LogP contribution in [0.3, 0.4) is 0 Å². The molecule has 0 aliphatic carbocycles. The summed E-state index contributed by atoms with van der Waals surface area (Å²) < 4.78 is 1.40. The van der Waals surface area contributed by atoms with Crippen molar-refractivity contribution in [3.05, 3.63) is 22.9 Å². The Balaban J connectivity index is 1.97. The van der Waals surface area contributed by atoms with Crippen LogP contribution in [0.2, 0.25) is 0 Å². The summed E-state index contributed by atoms with van der Waals surface area (Å²) in [7, 11) is 0. The first-order valence-electron chi connectivity index (χ1n) is 5.65. The molecule has 1 saturated heterocycles. The molecule has 7 heteroatoms. The Hall–Kier alpha value is -1.89. The number of H-pyrrole nitrogens is 1. The Bertz CT molecular complexity index is 588. The van der Waals surface area contributed by atoms with Crippen molar-refractivity contribution in [2.45, 2.75) is 13.0 Å². The second-order valence-corrected chi connectivity index (χ2v) is 4.31. The molecule has 0 amide bonds. The quantitative estimate of drug-likeness (QED) is 0.676. The maximum atomic E-state index is 11.3. The van der Waals surface area contributed by atoms with Crippen LogP contribution in [0, 0.1) is 0 Å². The zero-order valence-electron chi connectivity index (χ0n) is 9.55. The van der Waals surface area contributed by atoms with E-state index in [0.29, 0.717) is 11.7 Å². The monoisotopic (exact) mass is 234 g/mol. The van der Waals surface area contributed by atoms with Crippen molar-refractivity contribution < 1.29 is 0 Å². The number of nitrogens with zero attached hydrogens (tertiary/aromatic N) is 4. The first kappa shape index (κ1) is 10.3. The van der Waals surface area contributed by atoms with Gasteiger partial charge in [-0.2, -0.15) is 5.10 Å². The minimum absolute atomic E-state index is 0.257. The van der Waals surface area contributed by atoms with E-state index in [0.717, 1.165) is 25.5 Å². The molecule has 7 nitrogen and oxygen atoms in total. The Morgan fingerprint density at radius 3 is 3.24 bits per heavy atom. The highest BCUT2D eigenvalue weighted by atomic mass is 16.1. The van der Waals surface area contributed by atoms with Crippen molar-refractivity contribution in [1.82, 2.24) is 24.9 Å². The predicted octanol–water partition coefficient (Wildman–Crippen LogP) is -0.784. The fourth-order valence-electron chi connectivity index (χ4n) is 2.11. The van der Waals surface area contributed by atoms with Crippen LogP contribution in [0.4, 0.5) is 5.82 Å². The standard InChI is InChI=1S/C10H14N6O/c1-7-5-15(3-2-11-7)8-4-9-13-14-10(17)16(9)6-12-8/h4,6-7,11H,2-3,5H2,1H3,(H,14,17)/t7-/m0/s1. The van der Waals surface area contributed by atoms with E-state index in [1.165, 1.54) is 10.7 Å². The molecule has 1 aliphatic rings. The van der Waals surface area contributed by atoms with E-state index < -0.39 is 0 Å². The van der Waals surface area contributed by atoms with Crippen LogP contribution >= 0.6 is 0 Å². The summed E-state index contributed by atoms with van der Waals surface area (Å²) in [6.07, 6.45) is 1.52. The summed E-state index contributed by atoms with van der Waals surface area (Å²) in [5.41, 5.74) is 0.346. The number of anilines is 1. The van der Waals surface area contributed by atoms with E-state index in [9.17, 15) is 4.79 Å². The third kappa shape index (κ3) is 1.78. The molecule has 0 saturated carbocycles. The molecule has 0 aromatic carbocycles. The number of hydrogen-bond acceptors (Lipinski definition) is 5. The summed E-state index contributed by atoms with van der Waals surface area (Å²) in [5.74, 6) is 0.866. The zero-order valence-corrected chi connectivity index (χ0v) is 9.55. The number of nitrogens with one attached hydrogen (secondary N) is 2. The number of piperazine rings is 1. The molecular weight excluding hydrogens is 220 g/mol. The molecule has 2 aromatic rings. The minimum Gasteiger partial charge on any atom is -0.354 e. The maximum Gasteiger partial charge on any atom is 0.348 e. The minimum atomic E-state index is -0.257. The van der Waals surface area contributed by atoms with Gasteiger partial charge in [0.15, 0.2) is 5.65 Å². The van der Waals surface area contributed by atoms with Crippen LogP contribution in [0.1, 0.15) is 6.92 Å². The van der Waals surface area contributed by atoms with Gasteiger partial charge in [-0.05, 0) is 6.92 Å². The highest BCUT2D eigenvalue weighted by Gasteiger charge is 2.17. The van der Waals surface area contributed by atoms with Crippen LogP contribution in [0.5, 0.6) is 0 Å². The van der Waals surface area contributed by atoms with Crippen molar-refractivity contribution in [2.24, 2.45) is 0 Å². The van der Waals surface area contributed by atoms with Gasteiger partial charge in [-0.3, -0.25) is 0 Å². The number of hydrogen-bond donors (Lipinski definition) is 2. The molecule has 1 fully saturated rings. The van der Waals surface area contributed by atoms with Crippen LogP contribution in [0.25, 0.3) is 5.65 Å². The molecule has 0 radical (unpaired) electrons. The summed E-state index contributed by atoms with van der Waals surface area (Å²) in [4.78, 5) is 17.8. The SMILES string of the molecule is C[C@H]1CN(c2cc3n[nH]c(=O)n3cn2)CCN1. The molecule has 90 valence electrons. The summed E-state index contributed by atoms with van der Waals surface area (Å²) in [6.45, 7) is 4.92. The molecule has 3 rings (SSSR count). The highest BCUT2D eigenvalue weighted by molar-refractivity contribution is 5.50. The van der Waals surface area contributed by atoms with Gasteiger partial charge in [-0.25, -0.2) is 19.3 Å². The van der Waals surface area contributed by atoms with Crippen molar-refractivity contribution in [1.29, 1.82) is 0 Å². The summed E-state index contributed by atoms with van der Waals surface area (Å²) >= 11 is 0. The zero-order chi connectivity index (χ0) is 11.8. The van der Waals surface area contributed by atoms with Crippen LogP contribution in [0.15, 0.2) is 17.2 Å². The predicted molar refractivity (Wildman–Crippen MR) is 63.3 cm³/mol. The molecule has 3 heterocycles. The smallest absolute Gasteiger partial charge is 0.348 e. The maximum absolute atomic E-state index is 11.3. The molecule has 17 heavy (non-hydrogen) atoms. The summed E-state index contributed by atoms with van der Waals surface area (Å²) in [5, 5.41) is 9.71. The molecular formula is C10H14N6O. The Morgan fingerprint density at radius 2 is 2.41 bits per heavy atom. The van der Waals surface area contributed by atoms with Gasteiger partial charge in [0, 0.05) is 31.7 Å². The fraction of sp³-hybridized carbons (Fsp3) is 0.500. The average molecular weight is 234 g/mol. The van der Waals surface area contributed by atoms with E-state index in [2.05, 4.69) is 32.3 Å². The second-order valence-electron chi connectivity index (χ2n) is 4.31. The van der Waals surface area contributed by atoms with Gasteiger partial charge in [0.2, 0.25) is 0 Å².